The second kappa shape index (κ2) is 8.11. The highest BCUT2D eigenvalue weighted by molar-refractivity contribution is 5.94. The molecule has 4 aromatic rings. The predicted octanol–water partition coefficient (Wildman–Crippen LogP) is 3.98. The second-order valence-corrected chi connectivity index (χ2v) is 8.47. The van der Waals surface area contributed by atoms with Crippen molar-refractivity contribution >= 4 is 17.4 Å². The number of hydrogen-bond acceptors (Lipinski definition) is 4. The number of piperidine rings is 1. The first kappa shape index (κ1) is 20.2. The van der Waals surface area contributed by atoms with Crippen LogP contribution < -0.4 is 10.2 Å². The lowest BCUT2D eigenvalue weighted by atomic mass is 9.70. The molecule has 162 valence electrons. The van der Waals surface area contributed by atoms with Crippen LogP contribution >= 0.6 is 0 Å². The Morgan fingerprint density at radius 1 is 1.06 bits per heavy atom. The van der Waals surface area contributed by atoms with E-state index in [9.17, 15) is 4.79 Å². The molecule has 0 atom stereocenters. The number of carbonyl (C=O) groups excluding carboxylic acids is 1. The summed E-state index contributed by atoms with van der Waals surface area (Å²) in [7, 11) is 1.65. The summed E-state index contributed by atoms with van der Waals surface area (Å²) in [5.41, 5.74) is 5.08. The molecule has 0 saturated carbocycles. The molecule has 1 saturated heterocycles. The van der Waals surface area contributed by atoms with E-state index in [1.165, 1.54) is 11.1 Å². The van der Waals surface area contributed by atoms with Gasteiger partial charge in [-0.1, -0.05) is 36.4 Å². The molecule has 32 heavy (non-hydrogen) atoms. The molecule has 0 radical (unpaired) electrons. The maximum Gasteiger partial charge on any atom is 0.251 e. The lowest BCUT2D eigenvalue weighted by Gasteiger charge is -2.42. The Balaban J connectivity index is 1.50. The molecular formula is C26H27N5O. The number of carbonyl (C=O) groups is 1. The number of nitrogens with zero attached hydrogens (tertiary/aromatic N) is 4. The van der Waals surface area contributed by atoms with Gasteiger partial charge in [0.1, 0.15) is 11.5 Å². The first-order valence-corrected chi connectivity index (χ1v) is 11.0. The van der Waals surface area contributed by atoms with Crippen LogP contribution in [0.2, 0.25) is 0 Å². The third-order valence-corrected chi connectivity index (χ3v) is 6.67. The van der Waals surface area contributed by atoms with E-state index >= 15 is 0 Å². The minimum absolute atomic E-state index is 0.0932. The van der Waals surface area contributed by atoms with Crippen molar-refractivity contribution in [2.75, 3.05) is 25.0 Å². The number of pyridine rings is 2. The Bertz CT molecular complexity index is 1260. The summed E-state index contributed by atoms with van der Waals surface area (Å²) in [5.74, 6) is 0.753. The van der Waals surface area contributed by atoms with Crippen LogP contribution in [0.15, 0.2) is 73.2 Å². The lowest BCUT2D eigenvalue weighted by Crippen LogP contribution is -2.44. The molecule has 1 fully saturated rings. The molecule has 0 aliphatic carbocycles. The molecule has 6 nitrogen and oxygen atoms in total. The van der Waals surface area contributed by atoms with Crippen molar-refractivity contribution in [1.82, 2.24) is 19.7 Å². The zero-order valence-corrected chi connectivity index (χ0v) is 18.5. The van der Waals surface area contributed by atoms with Gasteiger partial charge < -0.3 is 14.6 Å². The predicted molar refractivity (Wildman–Crippen MR) is 126 cm³/mol. The molecule has 4 heterocycles. The van der Waals surface area contributed by atoms with Crippen LogP contribution in [0.1, 0.15) is 40.0 Å². The van der Waals surface area contributed by atoms with Gasteiger partial charge in [-0.05, 0) is 49.1 Å². The molecule has 1 aromatic carbocycles. The van der Waals surface area contributed by atoms with Gasteiger partial charge in [0.2, 0.25) is 0 Å². The quantitative estimate of drug-likeness (QED) is 0.537. The van der Waals surface area contributed by atoms with Crippen molar-refractivity contribution in [2.24, 2.45) is 0 Å². The topological polar surface area (TPSA) is 62.5 Å². The third kappa shape index (κ3) is 3.42. The highest BCUT2D eigenvalue weighted by Crippen LogP contribution is 2.42. The van der Waals surface area contributed by atoms with Gasteiger partial charge >= 0.3 is 0 Å². The smallest absolute Gasteiger partial charge is 0.251 e. The number of benzene rings is 1. The van der Waals surface area contributed by atoms with Crippen LogP contribution in [0, 0.1) is 6.92 Å². The van der Waals surface area contributed by atoms with Gasteiger partial charge in [-0.25, -0.2) is 9.97 Å². The number of nitrogens with one attached hydrogen (secondary N) is 1. The fraction of sp³-hybridized carbons (Fsp3) is 0.269. The van der Waals surface area contributed by atoms with Gasteiger partial charge in [0.25, 0.3) is 5.91 Å². The second-order valence-electron chi connectivity index (χ2n) is 8.47. The highest BCUT2D eigenvalue weighted by Gasteiger charge is 2.40. The Labute approximate surface area is 187 Å². The fourth-order valence-electron chi connectivity index (χ4n) is 4.83. The average Bonchev–Trinajstić information content (AvgIpc) is 3.31. The molecule has 6 heteroatoms. The van der Waals surface area contributed by atoms with Gasteiger partial charge in [-0.2, -0.15) is 0 Å². The molecule has 3 aromatic heterocycles. The number of hydrogen-bond donors (Lipinski definition) is 1. The Kier molecular flexibility index (Phi) is 5.13. The number of rotatable bonds is 4. The van der Waals surface area contributed by atoms with Crippen molar-refractivity contribution in [3.8, 4) is 0 Å². The monoisotopic (exact) mass is 425 g/mol. The fourth-order valence-corrected chi connectivity index (χ4v) is 4.83. The van der Waals surface area contributed by atoms with E-state index in [0.29, 0.717) is 5.56 Å². The van der Waals surface area contributed by atoms with Crippen LogP contribution in [-0.2, 0) is 5.41 Å². The summed E-state index contributed by atoms with van der Waals surface area (Å²) in [4.78, 5) is 24.0. The summed E-state index contributed by atoms with van der Waals surface area (Å²) >= 11 is 0. The number of amides is 1. The number of imidazole rings is 1. The van der Waals surface area contributed by atoms with Crippen LogP contribution in [-0.4, -0.2) is 40.4 Å². The molecule has 1 amide bonds. The molecular weight excluding hydrogens is 398 g/mol. The summed E-state index contributed by atoms with van der Waals surface area (Å²) in [6.45, 7) is 3.78. The van der Waals surface area contributed by atoms with Crippen molar-refractivity contribution in [1.29, 1.82) is 0 Å². The van der Waals surface area contributed by atoms with Crippen molar-refractivity contribution in [3.63, 3.8) is 0 Å². The van der Waals surface area contributed by atoms with Gasteiger partial charge in [0, 0.05) is 49.7 Å². The normalized spacial score (nSPS) is 15.6. The molecule has 1 aliphatic rings. The molecule has 5 rings (SSSR count). The van der Waals surface area contributed by atoms with E-state index in [1.807, 2.05) is 6.07 Å². The van der Waals surface area contributed by atoms with Gasteiger partial charge in [-0.15, -0.1) is 0 Å². The maximum atomic E-state index is 12.1. The summed E-state index contributed by atoms with van der Waals surface area (Å²) in [6, 6.07) is 18.5. The van der Waals surface area contributed by atoms with Gasteiger partial charge in [0.15, 0.2) is 0 Å². The largest absolute Gasteiger partial charge is 0.357 e. The molecule has 0 spiro atoms. The minimum Gasteiger partial charge on any atom is -0.357 e. The molecule has 0 bridgehead atoms. The Morgan fingerprint density at radius 2 is 1.84 bits per heavy atom. The lowest BCUT2D eigenvalue weighted by molar-refractivity contribution is 0.0963. The van der Waals surface area contributed by atoms with Crippen molar-refractivity contribution in [3.05, 3.63) is 95.6 Å². The van der Waals surface area contributed by atoms with Crippen LogP contribution in [0.25, 0.3) is 5.65 Å². The number of aryl methyl sites for hydroxylation is 1. The summed E-state index contributed by atoms with van der Waals surface area (Å²) in [6.07, 6.45) is 7.82. The maximum absolute atomic E-state index is 12.1. The minimum atomic E-state index is -0.158. The summed E-state index contributed by atoms with van der Waals surface area (Å²) < 4.78 is 2.14. The van der Waals surface area contributed by atoms with Crippen LogP contribution in [0.3, 0.4) is 0 Å². The van der Waals surface area contributed by atoms with Gasteiger partial charge in [0.05, 0.1) is 5.69 Å². The summed E-state index contributed by atoms with van der Waals surface area (Å²) in [5, 5.41) is 2.69. The van der Waals surface area contributed by atoms with E-state index in [4.69, 9.17) is 4.98 Å². The first-order valence-electron chi connectivity index (χ1n) is 11.0. The van der Waals surface area contributed by atoms with Gasteiger partial charge in [-0.3, -0.25) is 4.79 Å². The van der Waals surface area contributed by atoms with Crippen LogP contribution in [0.5, 0.6) is 0 Å². The molecule has 1 aliphatic heterocycles. The zero-order chi connectivity index (χ0) is 22.1. The molecule has 0 unspecified atom stereocenters. The van der Waals surface area contributed by atoms with Crippen molar-refractivity contribution < 1.29 is 4.79 Å². The number of aromatic nitrogens is 3. The van der Waals surface area contributed by atoms with E-state index < -0.39 is 0 Å². The van der Waals surface area contributed by atoms with E-state index in [-0.39, 0.29) is 11.3 Å². The Morgan fingerprint density at radius 3 is 2.56 bits per heavy atom. The Hall–Kier alpha value is -3.67. The van der Waals surface area contributed by atoms with Crippen LogP contribution in [0.4, 0.5) is 5.82 Å². The SMILES string of the molecule is CNC(=O)c1ccnc(N2CCC(c3ccccc3)(c3cn4cccc(C)c4n3)CC2)c1. The zero-order valence-electron chi connectivity index (χ0n) is 18.5. The number of fused-ring (bicyclic) bond motifs is 1. The van der Waals surface area contributed by atoms with E-state index in [2.05, 4.69) is 81.4 Å². The highest BCUT2D eigenvalue weighted by atomic mass is 16.1. The first-order chi connectivity index (χ1) is 15.6. The van der Waals surface area contributed by atoms with Crippen molar-refractivity contribution in [2.45, 2.75) is 25.2 Å². The standard InChI is InChI=1S/C26H27N5O/c1-19-7-6-14-31-18-22(29-24(19)31)26(21-8-4-3-5-9-21)11-15-30(16-12-26)23-17-20(10-13-28-23)25(32)27-2/h3-10,13-14,17-18H,11-12,15-16H2,1-2H3,(H,27,32). The van der Waals surface area contributed by atoms with E-state index in [1.54, 1.807) is 19.3 Å². The average molecular weight is 426 g/mol. The van der Waals surface area contributed by atoms with E-state index in [0.717, 1.165) is 43.1 Å². The third-order valence-electron chi connectivity index (χ3n) is 6.67. The molecule has 1 N–H and O–H groups in total. The number of anilines is 1.